The quantitative estimate of drug-likeness (QED) is 0.430. The summed E-state index contributed by atoms with van der Waals surface area (Å²) in [7, 11) is 0. The van der Waals surface area contributed by atoms with Gasteiger partial charge in [0, 0.05) is 12.3 Å². The van der Waals surface area contributed by atoms with Crippen LogP contribution in [0.3, 0.4) is 0 Å². The summed E-state index contributed by atoms with van der Waals surface area (Å²) in [5, 5.41) is 22.3. The predicted molar refractivity (Wildman–Crippen MR) is 40.5 cm³/mol. The zero-order valence-corrected chi connectivity index (χ0v) is 9.34. The topological polar surface area (TPSA) is 90.5 Å². The third-order valence-corrected chi connectivity index (χ3v) is 1.60. The Labute approximate surface area is 99.8 Å². The average Bonchev–Trinajstić information content (AvgIpc) is 2.52. The first-order valence-corrected chi connectivity index (χ1v) is 3.43. The maximum absolute atomic E-state index is 11.3. The Morgan fingerprint density at radius 3 is 2.93 bits per heavy atom. The van der Waals surface area contributed by atoms with Gasteiger partial charge < -0.3 is 10.2 Å². The van der Waals surface area contributed by atoms with Crippen molar-refractivity contribution in [1.82, 2.24) is 14.6 Å². The van der Waals surface area contributed by atoms with Crippen molar-refractivity contribution < 1.29 is 39.8 Å². The molecule has 2 heterocycles. The van der Waals surface area contributed by atoms with Gasteiger partial charge in [0.2, 0.25) is 0 Å². The maximum atomic E-state index is 11.3. The van der Waals surface area contributed by atoms with Gasteiger partial charge >= 0.3 is 29.6 Å². The third-order valence-electron chi connectivity index (χ3n) is 1.60. The van der Waals surface area contributed by atoms with Crippen molar-refractivity contribution in [3.05, 3.63) is 34.0 Å². The molecule has 2 aromatic heterocycles. The van der Waals surface area contributed by atoms with Crippen LogP contribution in [0.1, 0.15) is 0 Å². The number of rotatable bonds is 0. The number of aliphatic hydroxyl groups excluding tert-OH is 1. The van der Waals surface area contributed by atoms with Gasteiger partial charge in [-0.15, -0.1) is 0 Å². The van der Waals surface area contributed by atoms with Gasteiger partial charge in [-0.3, -0.25) is 4.79 Å². The van der Waals surface area contributed by atoms with Crippen LogP contribution in [-0.4, -0.2) is 19.7 Å². The molecule has 0 radical (unpaired) electrons. The van der Waals surface area contributed by atoms with Crippen LogP contribution in [0.25, 0.3) is 11.6 Å². The minimum atomic E-state index is -1.30. The van der Waals surface area contributed by atoms with E-state index in [1.807, 2.05) is 0 Å². The van der Waals surface area contributed by atoms with E-state index in [0.29, 0.717) is 5.65 Å². The van der Waals surface area contributed by atoms with E-state index >= 15 is 0 Å². The van der Waals surface area contributed by atoms with Gasteiger partial charge in [0.05, 0.1) is 17.4 Å². The smallest absolute Gasteiger partial charge is 0.629 e. The Hall–Kier alpha value is -1.11. The molecule has 0 spiro atoms. The molecule has 2 rings (SSSR count). The summed E-state index contributed by atoms with van der Waals surface area (Å²) < 4.78 is 0.948. The van der Waals surface area contributed by atoms with Crippen LogP contribution in [0, 0.1) is 0 Å². The monoisotopic (exact) mass is 201 g/mol. The molecular formula is C7H4N3NaO3. The second-order valence-corrected chi connectivity index (χ2v) is 2.38. The molecule has 14 heavy (non-hydrogen) atoms. The van der Waals surface area contributed by atoms with E-state index in [4.69, 9.17) is 5.11 Å². The zero-order chi connectivity index (χ0) is 9.42. The number of fused-ring (bicyclic) bond motifs is 1. The van der Waals surface area contributed by atoms with Crippen molar-refractivity contribution in [3.63, 3.8) is 0 Å². The van der Waals surface area contributed by atoms with E-state index in [1.165, 1.54) is 12.3 Å². The minimum Gasteiger partial charge on any atom is -0.629 e. The Kier molecular flexibility index (Phi) is 3.10. The number of hydrogen-bond acceptors (Lipinski definition) is 5. The van der Waals surface area contributed by atoms with Crippen LogP contribution < -0.4 is 45.4 Å². The van der Waals surface area contributed by atoms with Gasteiger partial charge in [0.1, 0.15) is 0 Å². The van der Waals surface area contributed by atoms with Gasteiger partial charge in [-0.05, 0) is 0 Å². The van der Waals surface area contributed by atoms with Gasteiger partial charge in [-0.1, -0.05) is 0 Å². The van der Waals surface area contributed by atoms with Crippen molar-refractivity contribution in [3.8, 4) is 0 Å². The van der Waals surface area contributed by atoms with E-state index in [1.54, 1.807) is 0 Å². The van der Waals surface area contributed by atoms with Crippen LogP contribution in [0.2, 0.25) is 0 Å². The Morgan fingerprint density at radius 2 is 2.29 bits per heavy atom. The molecule has 0 aliphatic heterocycles. The summed E-state index contributed by atoms with van der Waals surface area (Å²) in [5.41, 5.74) is -0.322. The van der Waals surface area contributed by atoms with Gasteiger partial charge in [-0.2, -0.15) is 9.61 Å². The molecule has 0 aromatic carbocycles. The third kappa shape index (κ3) is 1.59. The molecule has 0 bridgehead atoms. The molecule has 0 saturated heterocycles. The van der Waals surface area contributed by atoms with Gasteiger partial charge in [0.15, 0.2) is 5.65 Å². The molecule has 0 saturated carbocycles. The summed E-state index contributed by atoms with van der Waals surface area (Å²) in [6.07, 6.45) is 2.41. The Morgan fingerprint density at radius 1 is 1.57 bits per heavy atom. The molecular weight excluding hydrogens is 197 g/mol. The second-order valence-electron chi connectivity index (χ2n) is 2.38. The molecule has 0 amide bonds. The van der Waals surface area contributed by atoms with Gasteiger partial charge in [-0.25, -0.2) is 4.98 Å². The molecule has 0 atom stereocenters. The van der Waals surface area contributed by atoms with Crippen molar-refractivity contribution in [2.45, 2.75) is 0 Å². The SMILES string of the molecule is O=c1/c(=C(\[O-])O)cnc2ccnn12.[Na+]. The van der Waals surface area contributed by atoms with E-state index in [2.05, 4.69) is 10.1 Å². The summed E-state index contributed by atoms with van der Waals surface area (Å²) in [6, 6.07) is 1.52. The van der Waals surface area contributed by atoms with Crippen LogP contribution in [0.5, 0.6) is 0 Å². The molecule has 1 N–H and O–H groups in total. The molecule has 0 unspecified atom stereocenters. The van der Waals surface area contributed by atoms with E-state index < -0.39 is 11.5 Å². The summed E-state index contributed by atoms with van der Waals surface area (Å²) in [5.74, 6) is -1.30. The van der Waals surface area contributed by atoms with Crippen LogP contribution >= 0.6 is 0 Å². The molecule has 0 fully saturated rings. The molecule has 66 valence electrons. The number of hydrogen-bond donors (Lipinski definition) is 1. The van der Waals surface area contributed by atoms with Gasteiger partial charge in [0.25, 0.3) is 5.56 Å². The van der Waals surface area contributed by atoms with Crippen molar-refractivity contribution in [2.24, 2.45) is 0 Å². The summed E-state index contributed by atoms with van der Waals surface area (Å²) in [4.78, 5) is 15.1. The normalized spacial score (nSPS) is 12.3. The van der Waals surface area contributed by atoms with Crippen molar-refractivity contribution in [2.75, 3.05) is 0 Å². The fourth-order valence-electron chi connectivity index (χ4n) is 0.997. The van der Waals surface area contributed by atoms with Crippen LogP contribution in [0.4, 0.5) is 0 Å². The maximum Gasteiger partial charge on any atom is 1.00 e. The first-order chi connectivity index (χ1) is 6.20. The number of aromatic nitrogens is 3. The first-order valence-electron chi connectivity index (χ1n) is 3.43. The van der Waals surface area contributed by atoms with E-state index in [-0.39, 0.29) is 34.8 Å². The largest absolute Gasteiger partial charge is 1.00 e. The summed E-state index contributed by atoms with van der Waals surface area (Å²) in [6.45, 7) is 0. The molecule has 7 heteroatoms. The number of nitrogens with zero attached hydrogens (tertiary/aromatic N) is 3. The minimum absolute atomic E-state index is 0. The fraction of sp³-hybridized carbons (Fsp3) is 0. The van der Waals surface area contributed by atoms with Crippen molar-refractivity contribution in [1.29, 1.82) is 0 Å². The Balaban J connectivity index is 0.000000980. The fourth-order valence-corrected chi connectivity index (χ4v) is 0.997. The summed E-state index contributed by atoms with van der Waals surface area (Å²) >= 11 is 0. The number of aliphatic hydroxyl groups is 1. The molecule has 2 aromatic rings. The molecule has 0 aliphatic carbocycles. The first kappa shape index (κ1) is 11.0. The van der Waals surface area contributed by atoms with Crippen molar-refractivity contribution >= 4 is 11.6 Å². The molecule has 6 nitrogen and oxygen atoms in total. The average molecular weight is 201 g/mol. The zero-order valence-electron chi connectivity index (χ0n) is 7.34. The Bertz CT molecular complexity index is 561. The van der Waals surface area contributed by atoms with Crippen LogP contribution in [0.15, 0.2) is 23.3 Å². The molecule has 0 aliphatic rings. The predicted octanol–water partition coefficient (Wildman–Crippen LogP) is -5.20. The van der Waals surface area contributed by atoms with Crippen LogP contribution in [-0.2, 0) is 0 Å². The van der Waals surface area contributed by atoms with E-state index in [9.17, 15) is 9.90 Å². The second kappa shape index (κ2) is 3.95. The van der Waals surface area contributed by atoms with E-state index in [0.717, 1.165) is 10.7 Å². The standard InChI is InChI=1S/C7H5N3O3.Na/c11-6-4(7(12)13)3-8-5-1-2-9-10(5)6;/h1-3,12-13H;/q;+1/p-1.